The molecule has 1 aromatic heterocycles. The Morgan fingerprint density at radius 2 is 1.56 bits per heavy atom. The van der Waals surface area contributed by atoms with Gasteiger partial charge in [-0.1, -0.05) is 18.2 Å². The van der Waals surface area contributed by atoms with E-state index in [9.17, 15) is 26.4 Å². The number of carbonyl (C=O) groups is 1. The van der Waals surface area contributed by atoms with Gasteiger partial charge in [0, 0.05) is 49.7 Å². The Bertz CT molecular complexity index is 2360. The van der Waals surface area contributed by atoms with Crippen LogP contribution in [0.2, 0.25) is 0 Å². The second-order valence-electron chi connectivity index (χ2n) is 15.3. The molecule has 0 bridgehead atoms. The summed E-state index contributed by atoms with van der Waals surface area (Å²) in [5.74, 6) is 0.331. The van der Waals surface area contributed by atoms with Gasteiger partial charge in [0.25, 0.3) is 16.0 Å². The van der Waals surface area contributed by atoms with Crippen LogP contribution in [0, 0.1) is 17.5 Å². The van der Waals surface area contributed by atoms with Crippen molar-refractivity contribution in [3.63, 3.8) is 0 Å². The highest BCUT2D eigenvalue weighted by Crippen LogP contribution is 2.42. The molecule has 0 aliphatic carbocycles. The molecule has 328 valence electrons. The Labute approximate surface area is 354 Å². The van der Waals surface area contributed by atoms with Crippen molar-refractivity contribution in [3.8, 4) is 23.0 Å². The van der Waals surface area contributed by atoms with Crippen LogP contribution in [0.4, 0.5) is 19.1 Å². The molecule has 4 aromatic carbocycles. The normalized spacial score (nSPS) is 17.1. The lowest BCUT2D eigenvalue weighted by molar-refractivity contribution is 0.0779. The molecule has 5 aromatic rings. The number of halogens is 3. The van der Waals surface area contributed by atoms with E-state index in [0.29, 0.717) is 79.5 Å². The number of hydrogen-bond acceptors (Lipinski definition) is 10. The number of aromatic nitrogens is 2. The van der Waals surface area contributed by atoms with Crippen molar-refractivity contribution in [1.29, 1.82) is 0 Å². The molecule has 1 atom stereocenters. The van der Waals surface area contributed by atoms with Crippen molar-refractivity contribution < 1.29 is 49.9 Å². The first-order valence-corrected chi connectivity index (χ1v) is 21.8. The molecule has 1 unspecified atom stereocenters. The van der Waals surface area contributed by atoms with Crippen LogP contribution in [0.5, 0.6) is 23.0 Å². The molecule has 2 fully saturated rings. The molecule has 0 spiro atoms. The lowest BCUT2D eigenvalue weighted by Crippen LogP contribution is -2.42. The summed E-state index contributed by atoms with van der Waals surface area (Å²) in [7, 11) is 0.845. The zero-order valence-electron chi connectivity index (χ0n) is 34.7. The average molecular weight is 868 g/mol. The Morgan fingerprint density at radius 1 is 0.885 bits per heavy atom. The van der Waals surface area contributed by atoms with Crippen LogP contribution >= 0.6 is 0 Å². The van der Waals surface area contributed by atoms with Gasteiger partial charge in [0.2, 0.25) is 11.7 Å². The van der Waals surface area contributed by atoms with Gasteiger partial charge in [-0.05, 0) is 105 Å². The van der Waals surface area contributed by atoms with E-state index in [1.54, 1.807) is 35.2 Å². The number of rotatable bonds is 15. The van der Waals surface area contributed by atoms with Crippen LogP contribution in [-0.4, -0.2) is 111 Å². The quantitative estimate of drug-likeness (QED) is 0.0815. The number of nitrogens with zero attached hydrogens (tertiary/aromatic N) is 4. The Balaban J connectivity index is 0.00000118. The summed E-state index contributed by atoms with van der Waals surface area (Å²) >= 11 is 0. The summed E-state index contributed by atoms with van der Waals surface area (Å²) < 4.78 is 92.5. The third-order valence-electron chi connectivity index (χ3n) is 11.2. The molecule has 0 saturated carbocycles. The Kier molecular flexibility index (Phi) is 14.7. The van der Waals surface area contributed by atoms with Gasteiger partial charge >= 0.3 is 0 Å². The van der Waals surface area contributed by atoms with Crippen LogP contribution in [0.3, 0.4) is 0 Å². The molecule has 2 N–H and O–H groups in total. The van der Waals surface area contributed by atoms with Crippen LogP contribution in [0.25, 0.3) is 11.0 Å². The third-order valence-corrected chi connectivity index (χ3v) is 11.2. The monoisotopic (exact) mass is 867 g/mol. The largest absolute Gasteiger partial charge is 0.494 e. The first kappa shape index (κ1) is 45.0. The van der Waals surface area contributed by atoms with E-state index in [4.69, 9.17) is 28.5 Å². The fraction of sp³-hybridized carbons (Fsp3) is 0.409. The molecule has 13 nitrogen and oxygen atoms in total. The predicted octanol–water partition coefficient (Wildman–Crippen LogP) is 7.20. The molecule has 1 amide bonds. The number of ether oxygens (including phenoxy) is 4. The van der Waals surface area contributed by atoms with Crippen molar-refractivity contribution >= 4 is 33.0 Å². The van der Waals surface area contributed by atoms with Crippen molar-refractivity contribution in [2.24, 2.45) is 0 Å². The molecule has 3 heterocycles. The van der Waals surface area contributed by atoms with Gasteiger partial charge in [-0.2, -0.15) is 8.42 Å². The van der Waals surface area contributed by atoms with Gasteiger partial charge in [0.05, 0.1) is 45.2 Å². The average Bonchev–Trinajstić information content (AvgIpc) is 3.84. The summed E-state index contributed by atoms with van der Waals surface area (Å²) in [6, 6.07) is 21.7. The second-order valence-corrected chi connectivity index (χ2v) is 16.7. The van der Waals surface area contributed by atoms with Gasteiger partial charge in [-0.25, -0.2) is 18.2 Å². The van der Waals surface area contributed by atoms with E-state index in [1.165, 1.54) is 45.6 Å². The summed E-state index contributed by atoms with van der Waals surface area (Å²) in [6.45, 7) is 4.45. The highest BCUT2D eigenvalue weighted by Gasteiger charge is 2.42. The van der Waals surface area contributed by atoms with E-state index in [0.717, 1.165) is 55.9 Å². The zero-order valence-corrected chi connectivity index (χ0v) is 35.5. The maximum Gasteiger partial charge on any atom is 0.261 e. The summed E-state index contributed by atoms with van der Waals surface area (Å²) in [6.07, 6.45) is 4.55. The SMILES string of the molecule is COc1cc(C(=O)N2CCC(CCN3CCC(Nc4nc5ccccc5n4CCCOc4ccc(F)cc4)CC3)(c3ccc(F)c(F)c3)C2)cc(OC)c1OC.CS(=O)(=O)O. The van der Waals surface area contributed by atoms with Crippen molar-refractivity contribution in [3.05, 3.63) is 107 Å². The number of imidazole rings is 1. The van der Waals surface area contributed by atoms with Crippen LogP contribution < -0.4 is 24.3 Å². The predicted molar refractivity (Wildman–Crippen MR) is 226 cm³/mol. The Hall–Kier alpha value is -5.52. The maximum atomic E-state index is 14.7. The number of amides is 1. The van der Waals surface area contributed by atoms with Gasteiger partial charge in [0.15, 0.2) is 23.1 Å². The first-order valence-electron chi connectivity index (χ1n) is 20.0. The highest BCUT2D eigenvalue weighted by atomic mass is 32.2. The van der Waals surface area contributed by atoms with Crippen molar-refractivity contribution in [2.45, 2.75) is 50.1 Å². The summed E-state index contributed by atoms with van der Waals surface area (Å²) in [5.41, 5.74) is 2.48. The van der Waals surface area contributed by atoms with Gasteiger partial charge in [-0.3, -0.25) is 9.35 Å². The summed E-state index contributed by atoms with van der Waals surface area (Å²) in [5, 5.41) is 3.72. The third kappa shape index (κ3) is 11.4. The van der Waals surface area contributed by atoms with Crippen LogP contribution in [0.15, 0.2) is 78.9 Å². The van der Waals surface area contributed by atoms with Crippen molar-refractivity contribution in [1.82, 2.24) is 19.4 Å². The number of carbonyl (C=O) groups excluding carboxylic acids is 1. The zero-order chi connectivity index (χ0) is 43.7. The number of aryl methyl sites for hydroxylation is 1. The number of nitrogens with one attached hydrogen (secondary N) is 1. The summed E-state index contributed by atoms with van der Waals surface area (Å²) in [4.78, 5) is 23.1. The number of para-hydroxylation sites is 2. The number of hydrogen-bond donors (Lipinski definition) is 2. The number of methoxy groups -OCH3 is 3. The van der Waals surface area contributed by atoms with Crippen molar-refractivity contribution in [2.75, 3.05) is 72.2 Å². The molecule has 2 aliphatic heterocycles. The molecule has 2 saturated heterocycles. The van der Waals surface area contributed by atoms with E-state index in [-0.39, 0.29) is 17.8 Å². The highest BCUT2D eigenvalue weighted by molar-refractivity contribution is 7.85. The van der Waals surface area contributed by atoms with E-state index in [1.807, 2.05) is 18.2 Å². The standard InChI is InChI=1S/C43H48F3N5O5.CH4O3S/c1-53-38-25-29(26-39(54-2)40(38)55-3)41(52)50-23-18-43(28-50,30-9-14-34(45)35(46)27-30)17-22-49-20-15-32(16-21-49)47-42-48-36-7-4-5-8-37(36)51(42)19-6-24-56-33-12-10-31(44)11-13-33;1-5(2,3)4/h4-5,7-14,25-27,32H,6,15-24,28H2,1-3H3,(H,47,48);1H3,(H,2,3,4). The topological polar surface area (TPSA) is 145 Å². The molecule has 17 heteroatoms. The maximum absolute atomic E-state index is 14.7. The lowest BCUT2D eigenvalue weighted by atomic mass is 9.76. The van der Waals surface area contributed by atoms with Crippen LogP contribution in [-0.2, 0) is 22.1 Å². The molecular formula is C44H52F3N5O8S. The number of piperidine rings is 1. The fourth-order valence-electron chi connectivity index (χ4n) is 8.05. The number of fused-ring (bicyclic) bond motifs is 1. The minimum absolute atomic E-state index is 0.202. The van der Waals surface area contributed by atoms with Gasteiger partial charge in [0.1, 0.15) is 11.6 Å². The molecule has 7 rings (SSSR count). The van der Waals surface area contributed by atoms with Gasteiger partial charge in [-0.15, -0.1) is 0 Å². The molecule has 61 heavy (non-hydrogen) atoms. The molecule has 0 radical (unpaired) electrons. The number of anilines is 1. The lowest BCUT2D eigenvalue weighted by Gasteiger charge is -2.36. The van der Waals surface area contributed by atoms with Gasteiger partial charge < -0.3 is 38.6 Å². The minimum Gasteiger partial charge on any atom is -0.494 e. The van der Waals surface area contributed by atoms with E-state index >= 15 is 0 Å². The molecular weight excluding hydrogens is 816 g/mol. The van der Waals surface area contributed by atoms with E-state index < -0.39 is 27.2 Å². The minimum atomic E-state index is -3.67. The molecule has 2 aliphatic rings. The van der Waals surface area contributed by atoms with Crippen LogP contribution in [0.1, 0.15) is 48.0 Å². The smallest absolute Gasteiger partial charge is 0.261 e. The number of benzene rings is 4. The second kappa shape index (κ2) is 19.9. The first-order chi connectivity index (χ1) is 29.2. The van der Waals surface area contributed by atoms with E-state index in [2.05, 4.69) is 20.9 Å². The Morgan fingerprint density at radius 3 is 2.20 bits per heavy atom. The fourth-order valence-corrected chi connectivity index (χ4v) is 8.05. The number of likely N-dealkylation sites (tertiary alicyclic amines) is 2.